The second-order valence-electron chi connectivity index (χ2n) is 11.6. The number of cyclic esters (lactones) is 1. The normalized spacial score (nSPS) is 21.2. The standard InChI is InChI=1S/C32H34N4O7S/c1-19(34-30(38)27-16-33-44-35-27)29(22-8-6-21(7-9-22)20-4-5-20)42-25-12-10-23(11-13-25)32(40)43-26-3-2-14-36(17-26)31(39)24-15-28(37)41-18-24/h6-13,16,19-20,24,26,29H,2-5,14-15,17-18H2,1H3,(H,34,38)/t19-,24+,26-,29-/m0/s1. The van der Waals surface area contributed by atoms with Crippen LogP contribution in [-0.4, -0.2) is 69.2 Å². The Balaban J connectivity index is 1.09. The van der Waals surface area contributed by atoms with Gasteiger partial charge in [-0.3, -0.25) is 14.4 Å². The molecular weight excluding hydrogens is 584 g/mol. The van der Waals surface area contributed by atoms with Crippen LogP contribution in [0.1, 0.15) is 83.0 Å². The van der Waals surface area contributed by atoms with Gasteiger partial charge in [-0.05, 0) is 73.9 Å². The molecule has 2 amide bonds. The zero-order valence-corrected chi connectivity index (χ0v) is 25.2. The zero-order chi connectivity index (χ0) is 30.6. The maximum Gasteiger partial charge on any atom is 0.338 e. The van der Waals surface area contributed by atoms with Crippen molar-refractivity contribution in [1.29, 1.82) is 0 Å². The lowest BCUT2D eigenvalue weighted by Crippen LogP contribution is -2.46. The van der Waals surface area contributed by atoms with Gasteiger partial charge in [-0.25, -0.2) is 4.79 Å². The number of benzene rings is 2. The van der Waals surface area contributed by atoms with Crippen LogP contribution in [0.25, 0.3) is 0 Å². The fourth-order valence-electron chi connectivity index (χ4n) is 5.65. The number of carbonyl (C=O) groups is 4. The van der Waals surface area contributed by atoms with Crippen LogP contribution in [-0.2, 0) is 19.1 Å². The number of aromatic nitrogens is 2. The number of piperidine rings is 1. The number of hydrogen-bond donors (Lipinski definition) is 1. The Kier molecular flexibility index (Phi) is 8.87. The molecule has 0 radical (unpaired) electrons. The molecule has 1 N–H and O–H groups in total. The van der Waals surface area contributed by atoms with Gasteiger partial charge in [-0.2, -0.15) is 8.75 Å². The Morgan fingerprint density at radius 1 is 1.07 bits per heavy atom. The number of nitrogens with one attached hydrogen (secondary N) is 1. The third-order valence-electron chi connectivity index (χ3n) is 8.24. The summed E-state index contributed by atoms with van der Waals surface area (Å²) < 4.78 is 25.0. The van der Waals surface area contributed by atoms with Crippen LogP contribution in [0, 0.1) is 5.92 Å². The lowest BCUT2D eigenvalue weighted by atomic mass is 10.00. The first-order valence-electron chi connectivity index (χ1n) is 14.9. The van der Waals surface area contributed by atoms with E-state index in [9.17, 15) is 19.2 Å². The highest BCUT2D eigenvalue weighted by molar-refractivity contribution is 6.99. The van der Waals surface area contributed by atoms with E-state index in [1.165, 1.54) is 24.6 Å². The number of amides is 2. The van der Waals surface area contributed by atoms with E-state index < -0.39 is 30.1 Å². The summed E-state index contributed by atoms with van der Waals surface area (Å²) in [7, 11) is 0. The summed E-state index contributed by atoms with van der Waals surface area (Å²) in [6.45, 7) is 2.83. The number of rotatable bonds is 10. The van der Waals surface area contributed by atoms with Crippen molar-refractivity contribution in [2.24, 2.45) is 5.92 Å². The molecule has 1 aliphatic carbocycles. The van der Waals surface area contributed by atoms with Crippen LogP contribution >= 0.6 is 11.7 Å². The first-order chi connectivity index (χ1) is 21.3. The van der Waals surface area contributed by atoms with Crippen molar-refractivity contribution in [1.82, 2.24) is 19.0 Å². The summed E-state index contributed by atoms with van der Waals surface area (Å²) in [5.74, 6) is -0.637. The van der Waals surface area contributed by atoms with Crippen LogP contribution in [0.15, 0.2) is 54.7 Å². The van der Waals surface area contributed by atoms with Crippen LogP contribution in [0.3, 0.4) is 0 Å². The van der Waals surface area contributed by atoms with Gasteiger partial charge in [-0.1, -0.05) is 24.3 Å². The van der Waals surface area contributed by atoms with Crippen LogP contribution < -0.4 is 10.1 Å². The molecule has 3 aliphatic rings. The third-order valence-corrected chi connectivity index (χ3v) is 8.72. The maximum atomic E-state index is 13.0. The molecule has 3 heterocycles. The Hall–Kier alpha value is -4.32. The van der Waals surface area contributed by atoms with Crippen molar-refractivity contribution in [2.45, 2.75) is 63.2 Å². The van der Waals surface area contributed by atoms with Gasteiger partial charge >= 0.3 is 11.9 Å². The van der Waals surface area contributed by atoms with Gasteiger partial charge in [0.15, 0.2) is 5.69 Å². The number of likely N-dealkylation sites (tertiary alicyclic amines) is 1. The predicted molar refractivity (Wildman–Crippen MR) is 159 cm³/mol. The molecule has 2 saturated heterocycles. The summed E-state index contributed by atoms with van der Waals surface area (Å²) in [6, 6.07) is 14.6. The van der Waals surface area contributed by atoms with E-state index in [0.29, 0.717) is 36.6 Å². The van der Waals surface area contributed by atoms with Crippen molar-refractivity contribution in [3.05, 3.63) is 77.1 Å². The Bertz CT molecular complexity index is 1490. The average molecular weight is 619 g/mol. The fourth-order valence-corrected chi connectivity index (χ4v) is 6.07. The maximum absolute atomic E-state index is 13.0. The SMILES string of the molecule is C[C@H](NC(=O)c1cnsn1)[C@H](Oc1ccc(C(=O)O[C@H]2CCCN(C(=O)[C@H]3COC(=O)C3)C2)cc1)c1ccc(C2CC2)cc1. The number of hydrogen-bond acceptors (Lipinski definition) is 10. The van der Waals surface area contributed by atoms with Crippen LogP contribution in [0.2, 0.25) is 0 Å². The predicted octanol–water partition coefficient (Wildman–Crippen LogP) is 4.07. The van der Waals surface area contributed by atoms with Crippen molar-refractivity contribution in [2.75, 3.05) is 19.7 Å². The molecule has 1 aromatic heterocycles. The Morgan fingerprint density at radius 2 is 1.84 bits per heavy atom. The lowest BCUT2D eigenvalue weighted by molar-refractivity contribution is -0.139. The van der Waals surface area contributed by atoms with Crippen molar-refractivity contribution in [3.8, 4) is 5.75 Å². The summed E-state index contributed by atoms with van der Waals surface area (Å²) in [4.78, 5) is 51.6. The minimum atomic E-state index is -0.511. The van der Waals surface area contributed by atoms with E-state index in [4.69, 9.17) is 14.2 Å². The molecule has 0 spiro atoms. The molecule has 0 unspecified atom stereocenters. The summed E-state index contributed by atoms with van der Waals surface area (Å²) in [6.07, 6.45) is 4.34. The van der Waals surface area contributed by atoms with Gasteiger partial charge in [0.25, 0.3) is 5.91 Å². The zero-order valence-electron chi connectivity index (χ0n) is 24.3. The van der Waals surface area contributed by atoms with Gasteiger partial charge in [0.05, 0.1) is 48.4 Å². The molecule has 1 saturated carbocycles. The molecule has 44 heavy (non-hydrogen) atoms. The first-order valence-corrected chi connectivity index (χ1v) is 15.7. The monoisotopic (exact) mass is 618 g/mol. The molecule has 3 fully saturated rings. The number of nitrogens with zero attached hydrogens (tertiary/aromatic N) is 3. The molecule has 11 nitrogen and oxygen atoms in total. The Labute approximate surface area is 259 Å². The minimum absolute atomic E-state index is 0.0925. The quantitative estimate of drug-likeness (QED) is 0.334. The smallest absolute Gasteiger partial charge is 0.338 e. The molecule has 230 valence electrons. The molecule has 3 aromatic rings. The van der Waals surface area contributed by atoms with Crippen LogP contribution in [0.5, 0.6) is 5.75 Å². The van der Waals surface area contributed by atoms with E-state index in [2.05, 4.69) is 26.2 Å². The van der Waals surface area contributed by atoms with Gasteiger partial charge in [0, 0.05) is 6.54 Å². The highest BCUT2D eigenvalue weighted by Gasteiger charge is 2.36. The molecule has 12 heteroatoms. The molecule has 2 aliphatic heterocycles. The third kappa shape index (κ3) is 7.07. The Morgan fingerprint density at radius 3 is 2.50 bits per heavy atom. The molecule has 4 atom stereocenters. The van der Waals surface area contributed by atoms with Crippen molar-refractivity contribution >= 4 is 35.5 Å². The van der Waals surface area contributed by atoms with Crippen LogP contribution in [0.4, 0.5) is 0 Å². The number of esters is 2. The van der Waals surface area contributed by atoms with E-state index in [-0.39, 0.29) is 43.1 Å². The topological polar surface area (TPSA) is 137 Å². The minimum Gasteiger partial charge on any atom is -0.484 e. The molecule has 6 rings (SSSR count). The van der Waals surface area contributed by atoms with E-state index in [0.717, 1.165) is 17.3 Å². The summed E-state index contributed by atoms with van der Waals surface area (Å²) in [5, 5.41) is 2.97. The van der Waals surface area contributed by atoms with E-state index in [1.807, 2.05) is 19.1 Å². The largest absolute Gasteiger partial charge is 0.484 e. The number of carbonyl (C=O) groups excluding carboxylic acids is 4. The van der Waals surface area contributed by atoms with Crippen molar-refractivity contribution < 1.29 is 33.4 Å². The second-order valence-corrected chi connectivity index (χ2v) is 12.2. The molecular formula is C32H34N4O7S. The average Bonchev–Trinajstić information content (AvgIpc) is 3.55. The first kappa shape index (κ1) is 29.7. The summed E-state index contributed by atoms with van der Waals surface area (Å²) >= 11 is 0.971. The number of ether oxygens (including phenoxy) is 3. The highest BCUT2D eigenvalue weighted by Crippen LogP contribution is 2.40. The van der Waals surface area contributed by atoms with Gasteiger partial charge in [0.1, 0.15) is 24.6 Å². The lowest BCUT2D eigenvalue weighted by Gasteiger charge is -2.33. The highest BCUT2D eigenvalue weighted by atomic mass is 32.1. The molecule has 2 aromatic carbocycles. The second kappa shape index (κ2) is 13.1. The fraction of sp³-hybridized carbons (Fsp3) is 0.438. The van der Waals surface area contributed by atoms with E-state index in [1.54, 1.807) is 29.2 Å². The van der Waals surface area contributed by atoms with Gasteiger partial charge < -0.3 is 24.4 Å². The van der Waals surface area contributed by atoms with Gasteiger partial charge in [0.2, 0.25) is 5.91 Å². The van der Waals surface area contributed by atoms with Gasteiger partial charge in [-0.15, -0.1) is 0 Å². The molecule has 0 bridgehead atoms. The van der Waals surface area contributed by atoms with Crippen molar-refractivity contribution in [3.63, 3.8) is 0 Å². The van der Waals surface area contributed by atoms with E-state index >= 15 is 0 Å². The summed E-state index contributed by atoms with van der Waals surface area (Å²) in [5.41, 5.74) is 2.82.